The highest BCUT2D eigenvalue weighted by atomic mass is 35.5. The molecule has 88 valence electrons. The van der Waals surface area contributed by atoms with Crippen molar-refractivity contribution in [3.8, 4) is 5.06 Å². The molecular weight excluding hydrogens is 242 g/mol. The summed E-state index contributed by atoms with van der Waals surface area (Å²) in [5, 5.41) is 0.957. The smallest absolute Gasteiger partial charge is 0.177 e. The van der Waals surface area contributed by atoms with Gasteiger partial charge in [0.15, 0.2) is 11.3 Å². The van der Waals surface area contributed by atoms with Crippen molar-refractivity contribution in [1.82, 2.24) is 4.90 Å². The zero-order valence-corrected chi connectivity index (χ0v) is 10.8. The summed E-state index contributed by atoms with van der Waals surface area (Å²) in [6.45, 7) is 2.42. The van der Waals surface area contributed by atoms with Crippen molar-refractivity contribution in [2.75, 3.05) is 13.1 Å². The minimum Gasteiger partial charge on any atom is -0.466 e. The molecule has 2 aliphatic rings. The van der Waals surface area contributed by atoms with E-state index in [4.69, 9.17) is 16.3 Å². The van der Waals surface area contributed by atoms with Crippen LogP contribution in [-0.2, 0) is 0 Å². The topological polar surface area (TPSA) is 12.5 Å². The van der Waals surface area contributed by atoms with Crippen molar-refractivity contribution in [3.63, 3.8) is 0 Å². The van der Waals surface area contributed by atoms with Crippen molar-refractivity contribution in [2.45, 2.75) is 31.9 Å². The number of halogens is 1. The van der Waals surface area contributed by atoms with Gasteiger partial charge in [0.05, 0.1) is 4.34 Å². The van der Waals surface area contributed by atoms with Crippen molar-refractivity contribution in [2.24, 2.45) is 5.92 Å². The molecule has 0 radical (unpaired) electrons. The van der Waals surface area contributed by atoms with Gasteiger partial charge in [-0.05, 0) is 43.7 Å². The fraction of sp³-hybridized carbons (Fsp3) is 0.667. The second-order valence-corrected chi connectivity index (χ2v) is 6.39. The van der Waals surface area contributed by atoms with Crippen LogP contribution in [-0.4, -0.2) is 24.2 Å². The van der Waals surface area contributed by atoms with Gasteiger partial charge in [0.1, 0.15) is 0 Å². The Kier molecular flexibility index (Phi) is 3.09. The van der Waals surface area contributed by atoms with E-state index in [-0.39, 0.29) is 6.23 Å². The highest BCUT2D eigenvalue weighted by molar-refractivity contribution is 7.17. The Morgan fingerprint density at radius 1 is 1.31 bits per heavy atom. The fourth-order valence-electron chi connectivity index (χ4n) is 2.78. The van der Waals surface area contributed by atoms with Crippen LogP contribution in [0.25, 0.3) is 0 Å². The van der Waals surface area contributed by atoms with Gasteiger partial charge in [-0.2, -0.15) is 0 Å². The summed E-state index contributed by atoms with van der Waals surface area (Å²) >= 11 is 7.44. The summed E-state index contributed by atoms with van der Waals surface area (Å²) in [5.74, 6) is 0.917. The number of nitrogens with zero attached hydrogens (tertiary/aromatic N) is 1. The first-order chi connectivity index (χ1) is 7.81. The van der Waals surface area contributed by atoms with E-state index in [0.717, 1.165) is 15.3 Å². The zero-order valence-electron chi connectivity index (χ0n) is 9.19. The molecule has 2 fully saturated rings. The van der Waals surface area contributed by atoms with Crippen LogP contribution in [0.1, 0.15) is 25.7 Å². The zero-order chi connectivity index (χ0) is 11.0. The maximum absolute atomic E-state index is 6.02. The molecule has 3 unspecified atom stereocenters. The molecule has 0 spiro atoms. The third kappa shape index (κ3) is 2.22. The van der Waals surface area contributed by atoms with Gasteiger partial charge in [-0.1, -0.05) is 22.9 Å². The van der Waals surface area contributed by atoms with Crippen molar-refractivity contribution < 1.29 is 4.74 Å². The first-order valence-corrected chi connectivity index (χ1v) is 7.17. The number of ether oxygens (including phenoxy) is 1. The quantitative estimate of drug-likeness (QED) is 0.803. The summed E-state index contributed by atoms with van der Waals surface area (Å²) in [7, 11) is 0. The van der Waals surface area contributed by atoms with Crippen LogP contribution in [0.3, 0.4) is 0 Å². The third-order valence-electron chi connectivity index (χ3n) is 3.58. The molecule has 2 saturated heterocycles. The molecule has 3 rings (SSSR count). The summed E-state index contributed by atoms with van der Waals surface area (Å²) < 4.78 is 6.83. The minimum absolute atomic E-state index is 0.284. The number of fused-ring (bicyclic) bond motifs is 2. The number of hydrogen-bond acceptors (Lipinski definition) is 3. The standard InChI is InChI=1S/C12H16ClNOS/c13-10-4-6-12(16-10)15-11-5-3-9-2-1-7-14(11)8-9/h4,6,9,11H,1-3,5,7-8H2. The largest absolute Gasteiger partial charge is 0.466 e. The van der Waals surface area contributed by atoms with Crippen LogP contribution in [0, 0.1) is 5.92 Å². The molecule has 2 aliphatic heterocycles. The summed E-state index contributed by atoms with van der Waals surface area (Å²) in [6, 6.07) is 3.88. The summed E-state index contributed by atoms with van der Waals surface area (Å²) in [4.78, 5) is 2.49. The van der Waals surface area contributed by atoms with E-state index in [2.05, 4.69) is 4.90 Å². The Morgan fingerprint density at radius 3 is 3.06 bits per heavy atom. The molecule has 0 saturated carbocycles. The molecular formula is C12H16ClNOS. The van der Waals surface area contributed by atoms with Crippen LogP contribution in [0.2, 0.25) is 4.34 Å². The Hall–Kier alpha value is -0.250. The Balaban J connectivity index is 1.66. The highest BCUT2D eigenvalue weighted by Gasteiger charge is 2.32. The predicted octanol–water partition coefficient (Wildman–Crippen LogP) is 3.61. The normalized spacial score (nSPS) is 33.7. The predicted molar refractivity (Wildman–Crippen MR) is 67.3 cm³/mol. The van der Waals surface area contributed by atoms with Gasteiger partial charge in [0, 0.05) is 13.1 Å². The second-order valence-electron chi connectivity index (χ2n) is 4.71. The van der Waals surface area contributed by atoms with Crippen LogP contribution in [0.4, 0.5) is 0 Å². The average Bonchev–Trinajstić information content (AvgIpc) is 2.69. The molecule has 2 nitrogen and oxygen atoms in total. The first kappa shape index (κ1) is 10.9. The number of thiophene rings is 1. The second kappa shape index (κ2) is 4.55. The van der Waals surface area contributed by atoms with Gasteiger partial charge in [-0.15, -0.1) is 0 Å². The van der Waals surface area contributed by atoms with Crippen molar-refractivity contribution in [3.05, 3.63) is 16.5 Å². The lowest BCUT2D eigenvalue weighted by atomic mass is 9.89. The van der Waals surface area contributed by atoms with Crippen molar-refractivity contribution in [1.29, 1.82) is 0 Å². The van der Waals surface area contributed by atoms with E-state index in [1.54, 1.807) is 0 Å². The highest BCUT2D eigenvalue weighted by Crippen LogP contribution is 2.34. The lowest BCUT2D eigenvalue weighted by molar-refractivity contribution is -0.0410. The lowest BCUT2D eigenvalue weighted by Crippen LogP contribution is -2.49. The molecule has 16 heavy (non-hydrogen) atoms. The molecule has 1 aromatic heterocycles. The van der Waals surface area contributed by atoms with Crippen LogP contribution < -0.4 is 4.74 Å². The van der Waals surface area contributed by atoms with Gasteiger partial charge in [0.25, 0.3) is 0 Å². The Morgan fingerprint density at radius 2 is 2.25 bits per heavy atom. The van der Waals surface area contributed by atoms with E-state index >= 15 is 0 Å². The number of piperidine rings is 2. The van der Waals surface area contributed by atoms with Crippen LogP contribution >= 0.6 is 22.9 Å². The SMILES string of the molecule is Clc1ccc(OC2CCC3CCCN2C3)s1. The Bertz CT molecular complexity index is 368. The summed E-state index contributed by atoms with van der Waals surface area (Å²) in [5.41, 5.74) is 0. The molecule has 0 amide bonds. The van der Waals surface area contributed by atoms with Gasteiger partial charge in [-0.25, -0.2) is 0 Å². The average molecular weight is 258 g/mol. The number of hydrogen-bond donors (Lipinski definition) is 0. The maximum Gasteiger partial charge on any atom is 0.177 e. The monoisotopic (exact) mass is 257 g/mol. The fourth-order valence-corrected chi connectivity index (χ4v) is 3.70. The molecule has 1 aromatic rings. The van der Waals surface area contributed by atoms with Gasteiger partial charge in [-0.3, -0.25) is 4.90 Å². The Labute approximate surface area is 105 Å². The van der Waals surface area contributed by atoms with E-state index < -0.39 is 0 Å². The molecule has 0 aromatic carbocycles. The minimum atomic E-state index is 0.284. The third-order valence-corrected chi connectivity index (χ3v) is 4.70. The molecule has 0 N–H and O–H groups in total. The first-order valence-electron chi connectivity index (χ1n) is 5.97. The maximum atomic E-state index is 6.02. The van der Waals surface area contributed by atoms with Gasteiger partial charge >= 0.3 is 0 Å². The van der Waals surface area contributed by atoms with E-state index in [9.17, 15) is 0 Å². The van der Waals surface area contributed by atoms with Gasteiger partial charge < -0.3 is 4.74 Å². The van der Waals surface area contributed by atoms with E-state index in [1.165, 1.54) is 50.1 Å². The molecule has 0 aliphatic carbocycles. The van der Waals surface area contributed by atoms with Gasteiger partial charge in [0.2, 0.25) is 0 Å². The molecule has 3 atom stereocenters. The van der Waals surface area contributed by atoms with Crippen LogP contribution in [0.15, 0.2) is 12.1 Å². The number of rotatable bonds is 2. The molecule has 3 heterocycles. The van der Waals surface area contributed by atoms with E-state index in [1.807, 2.05) is 12.1 Å². The molecule has 4 heteroatoms. The lowest BCUT2D eigenvalue weighted by Gasteiger charge is -2.42. The van der Waals surface area contributed by atoms with Crippen molar-refractivity contribution >= 4 is 22.9 Å². The van der Waals surface area contributed by atoms with Crippen LogP contribution in [0.5, 0.6) is 5.06 Å². The molecule has 2 bridgehead atoms. The van der Waals surface area contributed by atoms with E-state index in [0.29, 0.717) is 0 Å². The summed E-state index contributed by atoms with van der Waals surface area (Å²) in [6.07, 6.45) is 5.51.